The highest BCUT2D eigenvalue weighted by atomic mass is 35.5. The third kappa shape index (κ3) is 2.98. The van der Waals surface area contributed by atoms with Crippen LogP contribution in [-0.4, -0.2) is 26.3 Å². The van der Waals surface area contributed by atoms with Crippen LogP contribution in [0.5, 0.6) is 0 Å². The lowest BCUT2D eigenvalue weighted by atomic mass is 10.3. The molecule has 0 amide bonds. The molecule has 7 heteroatoms. The fraction of sp³-hybridized carbons (Fsp3) is 0.273. The summed E-state index contributed by atoms with van der Waals surface area (Å²) in [5.41, 5.74) is 5.68. The molecule has 0 aliphatic carbocycles. The second kappa shape index (κ2) is 5.93. The monoisotopic (exact) mass is 308 g/mol. The second-order valence-corrected chi connectivity index (χ2v) is 6.48. The molecule has 0 saturated carbocycles. The molecule has 0 spiro atoms. The van der Waals surface area contributed by atoms with Gasteiger partial charge < -0.3 is 5.73 Å². The summed E-state index contributed by atoms with van der Waals surface area (Å²) in [6, 6.07) is 2.76. The van der Waals surface area contributed by atoms with Crippen molar-refractivity contribution in [1.29, 1.82) is 0 Å². The largest absolute Gasteiger partial charge is 0.396 e. The molecule has 0 radical (unpaired) electrons. The van der Waals surface area contributed by atoms with E-state index in [4.69, 9.17) is 28.9 Å². The standard InChI is InChI=1S/C11H14Cl2N2O2S/c1-3-4-7-15(2)18(16,17)9-6-5-8(12)11(14)10(9)13/h3,5-6H,1,4,7,14H2,2H3. The van der Waals surface area contributed by atoms with Crippen molar-refractivity contribution in [2.75, 3.05) is 19.3 Å². The Hall–Kier alpha value is -0.750. The Balaban J connectivity index is 3.21. The van der Waals surface area contributed by atoms with Crippen molar-refractivity contribution in [1.82, 2.24) is 4.31 Å². The van der Waals surface area contributed by atoms with Gasteiger partial charge in [0.05, 0.1) is 15.7 Å². The summed E-state index contributed by atoms with van der Waals surface area (Å²) in [4.78, 5) is -0.0439. The van der Waals surface area contributed by atoms with Crippen LogP contribution in [0.1, 0.15) is 6.42 Å². The number of nitrogens with zero attached hydrogens (tertiary/aromatic N) is 1. The van der Waals surface area contributed by atoms with Gasteiger partial charge in [0.25, 0.3) is 0 Å². The van der Waals surface area contributed by atoms with E-state index in [-0.39, 0.29) is 20.6 Å². The van der Waals surface area contributed by atoms with Gasteiger partial charge in [-0.15, -0.1) is 6.58 Å². The highest BCUT2D eigenvalue weighted by molar-refractivity contribution is 7.89. The van der Waals surface area contributed by atoms with Gasteiger partial charge in [0.1, 0.15) is 4.90 Å². The molecular formula is C11H14Cl2N2O2S. The molecule has 0 unspecified atom stereocenters. The van der Waals surface area contributed by atoms with E-state index < -0.39 is 10.0 Å². The summed E-state index contributed by atoms with van der Waals surface area (Å²) in [5, 5.41) is 0.181. The molecule has 18 heavy (non-hydrogen) atoms. The predicted molar refractivity (Wildman–Crippen MR) is 75.5 cm³/mol. The van der Waals surface area contributed by atoms with Crippen LogP contribution in [0.2, 0.25) is 10.0 Å². The quantitative estimate of drug-likeness (QED) is 0.672. The minimum atomic E-state index is -3.67. The molecule has 0 aromatic heterocycles. The number of sulfonamides is 1. The molecule has 2 N–H and O–H groups in total. The second-order valence-electron chi connectivity index (χ2n) is 3.68. The van der Waals surface area contributed by atoms with Crippen molar-refractivity contribution < 1.29 is 8.42 Å². The van der Waals surface area contributed by atoms with Gasteiger partial charge in [0.2, 0.25) is 10.0 Å². The fourth-order valence-electron chi connectivity index (χ4n) is 1.31. The summed E-state index contributed by atoms with van der Waals surface area (Å²) >= 11 is 11.7. The molecule has 1 rings (SSSR count). The van der Waals surface area contributed by atoms with Crippen LogP contribution in [0.15, 0.2) is 29.7 Å². The highest BCUT2D eigenvalue weighted by Crippen LogP contribution is 2.34. The molecule has 0 aliphatic rings. The Morgan fingerprint density at radius 2 is 2.06 bits per heavy atom. The molecule has 1 aromatic rings. The number of hydrogen-bond donors (Lipinski definition) is 1. The Labute approximate surface area is 117 Å². The first-order valence-electron chi connectivity index (χ1n) is 5.13. The van der Waals surface area contributed by atoms with Gasteiger partial charge in [-0.1, -0.05) is 29.3 Å². The van der Waals surface area contributed by atoms with Gasteiger partial charge in [-0.25, -0.2) is 12.7 Å². The summed E-state index contributed by atoms with van der Waals surface area (Å²) in [6.07, 6.45) is 2.19. The topological polar surface area (TPSA) is 63.4 Å². The molecule has 0 heterocycles. The average molecular weight is 309 g/mol. The number of nitrogen functional groups attached to an aromatic ring is 1. The van der Waals surface area contributed by atoms with Crippen molar-refractivity contribution in [2.45, 2.75) is 11.3 Å². The van der Waals surface area contributed by atoms with Crippen LogP contribution in [0.3, 0.4) is 0 Å². The summed E-state index contributed by atoms with van der Waals surface area (Å²) in [5.74, 6) is 0. The third-order valence-corrected chi connectivity index (χ3v) is 5.18. The van der Waals surface area contributed by atoms with Crippen molar-refractivity contribution in [3.63, 3.8) is 0 Å². The van der Waals surface area contributed by atoms with E-state index in [0.717, 1.165) is 0 Å². The first kappa shape index (κ1) is 15.3. The SMILES string of the molecule is C=CCCN(C)S(=O)(=O)c1ccc(Cl)c(N)c1Cl. The lowest BCUT2D eigenvalue weighted by molar-refractivity contribution is 0.475. The minimum absolute atomic E-state index is 0.0439. The summed E-state index contributed by atoms with van der Waals surface area (Å²) in [7, 11) is -2.19. The van der Waals surface area contributed by atoms with Crippen LogP contribution in [0.4, 0.5) is 5.69 Å². The molecule has 4 nitrogen and oxygen atoms in total. The van der Waals surface area contributed by atoms with Gasteiger partial charge in [0.15, 0.2) is 0 Å². The zero-order valence-corrected chi connectivity index (χ0v) is 12.2. The van der Waals surface area contributed by atoms with E-state index in [2.05, 4.69) is 6.58 Å². The van der Waals surface area contributed by atoms with E-state index in [9.17, 15) is 8.42 Å². The Bertz CT molecular complexity index is 558. The maximum Gasteiger partial charge on any atom is 0.244 e. The van der Waals surface area contributed by atoms with Gasteiger partial charge >= 0.3 is 0 Å². The van der Waals surface area contributed by atoms with Crippen molar-refractivity contribution in [3.8, 4) is 0 Å². The van der Waals surface area contributed by atoms with Crippen LogP contribution in [0, 0.1) is 0 Å². The van der Waals surface area contributed by atoms with Crippen molar-refractivity contribution in [3.05, 3.63) is 34.8 Å². The summed E-state index contributed by atoms with van der Waals surface area (Å²) in [6.45, 7) is 3.87. The third-order valence-electron chi connectivity index (χ3n) is 2.43. The van der Waals surface area contributed by atoms with Gasteiger partial charge in [-0.2, -0.15) is 0 Å². The van der Waals surface area contributed by atoms with Crippen LogP contribution >= 0.6 is 23.2 Å². The Morgan fingerprint density at radius 1 is 1.44 bits per heavy atom. The normalized spacial score (nSPS) is 11.8. The average Bonchev–Trinajstić information content (AvgIpc) is 2.32. The van der Waals surface area contributed by atoms with Gasteiger partial charge in [0, 0.05) is 13.6 Å². The lowest BCUT2D eigenvalue weighted by Gasteiger charge is -2.18. The lowest BCUT2D eigenvalue weighted by Crippen LogP contribution is -2.28. The number of nitrogens with two attached hydrogens (primary N) is 1. The van der Waals surface area contributed by atoms with E-state index in [1.54, 1.807) is 6.08 Å². The van der Waals surface area contributed by atoms with Gasteiger partial charge in [-0.05, 0) is 18.6 Å². The number of halogens is 2. The molecule has 0 bridgehead atoms. The van der Waals surface area contributed by atoms with Crippen LogP contribution in [-0.2, 0) is 10.0 Å². The first-order valence-corrected chi connectivity index (χ1v) is 7.32. The molecule has 0 aliphatic heterocycles. The van der Waals surface area contributed by atoms with E-state index >= 15 is 0 Å². The Kier molecular flexibility index (Phi) is 5.04. The number of rotatable bonds is 5. The zero-order valence-electron chi connectivity index (χ0n) is 9.86. The van der Waals surface area contributed by atoms with Crippen LogP contribution in [0.25, 0.3) is 0 Å². The van der Waals surface area contributed by atoms with Gasteiger partial charge in [-0.3, -0.25) is 0 Å². The van der Waals surface area contributed by atoms with Crippen LogP contribution < -0.4 is 5.73 Å². The number of anilines is 1. The first-order chi connectivity index (χ1) is 8.32. The molecular weight excluding hydrogens is 295 g/mol. The molecule has 0 fully saturated rings. The molecule has 1 aromatic carbocycles. The highest BCUT2D eigenvalue weighted by Gasteiger charge is 2.24. The van der Waals surface area contributed by atoms with Crippen molar-refractivity contribution in [2.24, 2.45) is 0 Å². The molecule has 0 atom stereocenters. The smallest absolute Gasteiger partial charge is 0.244 e. The fourth-order valence-corrected chi connectivity index (χ4v) is 3.23. The maximum absolute atomic E-state index is 12.2. The molecule has 100 valence electrons. The number of benzene rings is 1. The maximum atomic E-state index is 12.2. The zero-order chi connectivity index (χ0) is 13.9. The Morgan fingerprint density at radius 3 is 2.61 bits per heavy atom. The predicted octanol–water partition coefficient (Wildman–Crippen LogP) is 2.77. The van der Waals surface area contributed by atoms with Crippen molar-refractivity contribution >= 4 is 38.9 Å². The molecule has 0 saturated heterocycles. The van der Waals surface area contributed by atoms with E-state index in [0.29, 0.717) is 13.0 Å². The van der Waals surface area contributed by atoms with E-state index in [1.807, 2.05) is 0 Å². The minimum Gasteiger partial charge on any atom is -0.396 e. The van der Waals surface area contributed by atoms with E-state index in [1.165, 1.54) is 23.5 Å². The summed E-state index contributed by atoms with van der Waals surface area (Å²) < 4.78 is 25.7. The number of hydrogen-bond acceptors (Lipinski definition) is 3.